The van der Waals surface area contributed by atoms with Crippen LogP contribution in [0.15, 0.2) is 0 Å². The third kappa shape index (κ3) is 3.16. The Balaban J connectivity index is 2.06. The van der Waals surface area contributed by atoms with Crippen molar-refractivity contribution in [3.8, 4) is 0 Å². The molecule has 2 atom stereocenters. The Morgan fingerprint density at radius 2 is 2.06 bits per heavy atom. The molecule has 2 heterocycles. The van der Waals surface area contributed by atoms with Gasteiger partial charge in [0.25, 0.3) is 0 Å². The minimum Gasteiger partial charge on any atom is -0.315 e. The van der Waals surface area contributed by atoms with E-state index in [4.69, 9.17) is 0 Å². The van der Waals surface area contributed by atoms with E-state index in [1.54, 1.807) is 4.90 Å². The first-order valence-corrected chi connectivity index (χ1v) is 6.78. The fourth-order valence-corrected chi connectivity index (χ4v) is 3.01. The lowest BCUT2D eigenvalue weighted by Crippen LogP contribution is -2.54. The van der Waals surface area contributed by atoms with Crippen molar-refractivity contribution in [3.63, 3.8) is 0 Å². The Morgan fingerprint density at radius 1 is 1.28 bits per heavy atom. The molecular weight excluding hydrogens is 243 g/mol. The van der Waals surface area contributed by atoms with Crippen LogP contribution in [0.5, 0.6) is 0 Å². The molecule has 2 aliphatic rings. The van der Waals surface area contributed by atoms with Crippen LogP contribution < -0.4 is 5.32 Å². The standard InChI is InChI=1S/C12H22F3N3/c1-2-17-7-4-10(9-17)18-6-3-5-16-8-11(18)12(13,14)15/h10-11,16H,2-9H2,1H3. The fraction of sp³-hybridized carbons (Fsp3) is 1.00. The van der Waals surface area contributed by atoms with Crippen molar-refractivity contribution >= 4 is 0 Å². The zero-order chi connectivity index (χ0) is 13.2. The lowest BCUT2D eigenvalue weighted by molar-refractivity contribution is -0.186. The number of nitrogens with one attached hydrogen (secondary N) is 1. The van der Waals surface area contributed by atoms with Crippen LogP contribution in [0.3, 0.4) is 0 Å². The maximum absolute atomic E-state index is 13.1. The molecule has 0 bridgehead atoms. The molecule has 2 saturated heterocycles. The molecule has 0 aromatic carbocycles. The van der Waals surface area contributed by atoms with Crippen molar-refractivity contribution in [2.45, 2.75) is 38.0 Å². The molecule has 3 nitrogen and oxygen atoms in total. The van der Waals surface area contributed by atoms with Gasteiger partial charge < -0.3 is 10.2 Å². The molecule has 0 spiro atoms. The number of hydrogen-bond acceptors (Lipinski definition) is 3. The van der Waals surface area contributed by atoms with Gasteiger partial charge in [0.05, 0.1) is 0 Å². The maximum atomic E-state index is 13.1. The van der Waals surface area contributed by atoms with Gasteiger partial charge in [-0.25, -0.2) is 0 Å². The van der Waals surface area contributed by atoms with Crippen LogP contribution in [-0.2, 0) is 0 Å². The SMILES string of the molecule is CCN1CCC(N2CCCNCC2C(F)(F)F)C1. The topological polar surface area (TPSA) is 18.5 Å². The Kier molecular flexibility index (Phi) is 4.50. The summed E-state index contributed by atoms with van der Waals surface area (Å²) in [5, 5.41) is 2.91. The van der Waals surface area contributed by atoms with Gasteiger partial charge in [0.1, 0.15) is 6.04 Å². The molecule has 0 aromatic heterocycles. The minimum absolute atomic E-state index is 0.0339. The third-order valence-corrected chi connectivity index (χ3v) is 4.05. The average Bonchev–Trinajstić information content (AvgIpc) is 2.63. The van der Waals surface area contributed by atoms with Gasteiger partial charge in [0.2, 0.25) is 0 Å². The summed E-state index contributed by atoms with van der Waals surface area (Å²) in [6, 6.07) is -1.25. The second kappa shape index (κ2) is 5.75. The Bertz CT molecular complexity index is 270. The molecule has 0 saturated carbocycles. The number of likely N-dealkylation sites (tertiary alicyclic amines) is 1. The number of halogens is 3. The van der Waals surface area contributed by atoms with Gasteiger partial charge in [0.15, 0.2) is 0 Å². The molecule has 2 unspecified atom stereocenters. The van der Waals surface area contributed by atoms with Crippen molar-refractivity contribution in [1.82, 2.24) is 15.1 Å². The van der Waals surface area contributed by atoms with Crippen molar-refractivity contribution in [3.05, 3.63) is 0 Å². The van der Waals surface area contributed by atoms with Crippen LogP contribution in [0, 0.1) is 0 Å². The van der Waals surface area contributed by atoms with Gasteiger partial charge in [0, 0.05) is 25.7 Å². The molecule has 106 valence electrons. The van der Waals surface area contributed by atoms with E-state index < -0.39 is 12.2 Å². The van der Waals surface area contributed by atoms with Gasteiger partial charge in [-0.05, 0) is 32.5 Å². The highest BCUT2D eigenvalue weighted by atomic mass is 19.4. The first-order chi connectivity index (χ1) is 8.52. The summed E-state index contributed by atoms with van der Waals surface area (Å²) in [7, 11) is 0. The summed E-state index contributed by atoms with van der Waals surface area (Å²) in [6.07, 6.45) is -2.47. The Hall–Kier alpha value is -0.330. The van der Waals surface area contributed by atoms with Crippen molar-refractivity contribution in [2.75, 3.05) is 39.3 Å². The highest BCUT2D eigenvalue weighted by Gasteiger charge is 2.46. The van der Waals surface area contributed by atoms with Gasteiger partial charge in [-0.1, -0.05) is 6.92 Å². The number of likely N-dealkylation sites (N-methyl/N-ethyl adjacent to an activating group) is 1. The Morgan fingerprint density at radius 3 is 2.67 bits per heavy atom. The molecule has 1 N–H and O–H groups in total. The summed E-state index contributed by atoms with van der Waals surface area (Å²) in [5.41, 5.74) is 0. The largest absolute Gasteiger partial charge is 0.405 e. The van der Waals surface area contributed by atoms with Crippen LogP contribution in [0.2, 0.25) is 0 Å². The summed E-state index contributed by atoms with van der Waals surface area (Å²) in [5.74, 6) is 0. The minimum atomic E-state index is -4.13. The molecule has 18 heavy (non-hydrogen) atoms. The summed E-state index contributed by atoms with van der Waals surface area (Å²) in [4.78, 5) is 3.92. The van der Waals surface area contributed by atoms with Crippen LogP contribution >= 0.6 is 0 Å². The summed E-state index contributed by atoms with van der Waals surface area (Å²) in [6.45, 7) is 5.98. The van der Waals surface area contributed by atoms with Gasteiger partial charge >= 0.3 is 6.18 Å². The molecule has 0 aliphatic carbocycles. The van der Waals surface area contributed by atoms with Crippen LogP contribution in [0.1, 0.15) is 19.8 Å². The van der Waals surface area contributed by atoms with Gasteiger partial charge in [-0.3, -0.25) is 4.90 Å². The van der Waals surface area contributed by atoms with E-state index in [9.17, 15) is 13.2 Å². The lowest BCUT2D eigenvalue weighted by atomic mass is 10.1. The zero-order valence-corrected chi connectivity index (χ0v) is 10.8. The van der Waals surface area contributed by atoms with E-state index >= 15 is 0 Å². The monoisotopic (exact) mass is 265 g/mol. The fourth-order valence-electron chi connectivity index (χ4n) is 3.01. The maximum Gasteiger partial charge on any atom is 0.405 e. The molecule has 6 heteroatoms. The zero-order valence-electron chi connectivity index (χ0n) is 10.8. The van der Waals surface area contributed by atoms with E-state index in [0.717, 1.165) is 32.5 Å². The van der Waals surface area contributed by atoms with E-state index in [1.807, 2.05) is 0 Å². The molecule has 0 amide bonds. The second-order valence-corrected chi connectivity index (χ2v) is 5.19. The lowest BCUT2D eigenvalue weighted by Gasteiger charge is -2.35. The van der Waals surface area contributed by atoms with Gasteiger partial charge in [-0.2, -0.15) is 13.2 Å². The first kappa shape index (κ1) is 14.1. The summed E-state index contributed by atoms with van der Waals surface area (Å²) >= 11 is 0. The van der Waals surface area contributed by atoms with Crippen molar-refractivity contribution in [1.29, 1.82) is 0 Å². The van der Waals surface area contributed by atoms with E-state index in [0.29, 0.717) is 13.1 Å². The predicted molar refractivity (Wildman–Crippen MR) is 64.6 cm³/mol. The normalized spacial score (nSPS) is 32.7. The average molecular weight is 265 g/mol. The highest BCUT2D eigenvalue weighted by Crippen LogP contribution is 2.29. The molecule has 0 aromatic rings. The van der Waals surface area contributed by atoms with E-state index in [2.05, 4.69) is 17.1 Å². The number of rotatable bonds is 2. The van der Waals surface area contributed by atoms with E-state index in [1.165, 1.54) is 0 Å². The quantitative estimate of drug-likeness (QED) is 0.812. The molecule has 2 rings (SSSR count). The van der Waals surface area contributed by atoms with Crippen LogP contribution in [0.4, 0.5) is 13.2 Å². The van der Waals surface area contributed by atoms with E-state index in [-0.39, 0.29) is 12.6 Å². The van der Waals surface area contributed by atoms with Crippen LogP contribution in [-0.4, -0.2) is 67.3 Å². The molecule has 0 radical (unpaired) electrons. The molecule has 2 fully saturated rings. The number of nitrogens with zero attached hydrogens (tertiary/aromatic N) is 2. The predicted octanol–water partition coefficient (Wildman–Crippen LogP) is 1.31. The molecule has 2 aliphatic heterocycles. The highest BCUT2D eigenvalue weighted by molar-refractivity contribution is 4.92. The second-order valence-electron chi connectivity index (χ2n) is 5.19. The van der Waals surface area contributed by atoms with Crippen molar-refractivity contribution in [2.24, 2.45) is 0 Å². The number of hydrogen-bond donors (Lipinski definition) is 1. The van der Waals surface area contributed by atoms with Crippen molar-refractivity contribution < 1.29 is 13.2 Å². The smallest absolute Gasteiger partial charge is 0.315 e. The Labute approximate surface area is 106 Å². The summed E-state index contributed by atoms with van der Waals surface area (Å²) < 4.78 is 39.3. The number of alkyl halides is 3. The molecular formula is C12H22F3N3. The van der Waals surface area contributed by atoms with Gasteiger partial charge in [-0.15, -0.1) is 0 Å². The first-order valence-electron chi connectivity index (χ1n) is 6.78. The third-order valence-electron chi connectivity index (χ3n) is 4.05. The van der Waals surface area contributed by atoms with Crippen LogP contribution in [0.25, 0.3) is 0 Å².